The summed E-state index contributed by atoms with van der Waals surface area (Å²) >= 11 is 1.23. The molecule has 1 N–H and O–H groups in total. The van der Waals surface area contributed by atoms with E-state index in [-0.39, 0.29) is 18.0 Å². The number of hydrogen-bond donors (Lipinski definition) is 1. The van der Waals surface area contributed by atoms with Gasteiger partial charge in [-0.1, -0.05) is 36.0 Å². The molecule has 2 aromatic carbocycles. The van der Waals surface area contributed by atoms with Gasteiger partial charge in [0.25, 0.3) is 5.22 Å². The number of ether oxygens (including phenoxy) is 2. The van der Waals surface area contributed by atoms with Gasteiger partial charge in [0, 0.05) is 12.1 Å². The van der Waals surface area contributed by atoms with Crippen LogP contribution < -0.4 is 14.8 Å². The maximum absolute atomic E-state index is 12.4. The van der Waals surface area contributed by atoms with Crippen LogP contribution in [0, 0.1) is 6.92 Å². The number of nitrogens with zero attached hydrogens (tertiary/aromatic N) is 2. The highest BCUT2D eigenvalue weighted by molar-refractivity contribution is 8.00. The van der Waals surface area contributed by atoms with E-state index in [1.807, 2.05) is 49.4 Å². The van der Waals surface area contributed by atoms with Crippen LogP contribution in [0.25, 0.3) is 11.5 Å². The number of aromatic nitrogens is 2. The monoisotopic (exact) mass is 397 g/mol. The van der Waals surface area contributed by atoms with E-state index < -0.39 is 0 Å². The van der Waals surface area contributed by atoms with Gasteiger partial charge in [-0.2, -0.15) is 0 Å². The standard InChI is InChI=1S/C20H19N3O4S/c1-12-5-3-4-6-15(12)19-22-23-20(27-19)28-13(2)18(24)21-10-14-7-8-16-17(9-14)26-11-25-16/h3-9,13H,10-11H2,1-2H3,(H,21,24)/t13-/m1/s1. The Morgan fingerprint density at radius 2 is 2.00 bits per heavy atom. The van der Waals surface area contributed by atoms with Gasteiger partial charge in [-0.15, -0.1) is 10.2 Å². The Balaban J connectivity index is 1.34. The van der Waals surface area contributed by atoms with Crippen molar-refractivity contribution in [2.45, 2.75) is 30.9 Å². The largest absolute Gasteiger partial charge is 0.454 e. The van der Waals surface area contributed by atoms with Crippen molar-refractivity contribution in [3.8, 4) is 23.0 Å². The summed E-state index contributed by atoms with van der Waals surface area (Å²) in [7, 11) is 0. The number of rotatable bonds is 6. The first-order chi connectivity index (χ1) is 13.6. The third-order valence-electron chi connectivity index (χ3n) is 4.33. The summed E-state index contributed by atoms with van der Waals surface area (Å²) < 4.78 is 16.4. The zero-order chi connectivity index (χ0) is 19.5. The first kappa shape index (κ1) is 18.4. The van der Waals surface area contributed by atoms with Gasteiger partial charge in [-0.05, 0) is 43.2 Å². The molecular formula is C20H19N3O4S. The van der Waals surface area contributed by atoms with Crippen LogP contribution in [0.4, 0.5) is 0 Å². The maximum Gasteiger partial charge on any atom is 0.277 e. The summed E-state index contributed by atoms with van der Waals surface area (Å²) in [4.78, 5) is 12.4. The topological polar surface area (TPSA) is 86.5 Å². The quantitative estimate of drug-likeness (QED) is 0.636. The average Bonchev–Trinajstić information content (AvgIpc) is 3.35. The zero-order valence-corrected chi connectivity index (χ0v) is 16.3. The molecule has 4 rings (SSSR count). The normalized spacial score (nSPS) is 13.4. The van der Waals surface area contributed by atoms with Crippen molar-refractivity contribution >= 4 is 17.7 Å². The van der Waals surface area contributed by atoms with Crippen LogP contribution in [0.3, 0.4) is 0 Å². The molecule has 0 saturated carbocycles. The number of nitrogens with one attached hydrogen (secondary N) is 1. The van der Waals surface area contributed by atoms with Crippen LogP contribution in [-0.4, -0.2) is 28.1 Å². The second-order valence-electron chi connectivity index (χ2n) is 6.35. The fraction of sp³-hybridized carbons (Fsp3) is 0.250. The zero-order valence-electron chi connectivity index (χ0n) is 15.5. The Hall–Kier alpha value is -3.00. The molecule has 0 bridgehead atoms. The van der Waals surface area contributed by atoms with E-state index in [4.69, 9.17) is 13.9 Å². The molecule has 1 aromatic heterocycles. The van der Waals surface area contributed by atoms with Gasteiger partial charge in [0.15, 0.2) is 11.5 Å². The van der Waals surface area contributed by atoms with Crippen LogP contribution in [0.15, 0.2) is 52.1 Å². The molecule has 0 unspecified atom stereocenters. The fourth-order valence-corrected chi connectivity index (χ4v) is 3.48. The number of carbonyl (C=O) groups is 1. The number of hydrogen-bond acceptors (Lipinski definition) is 7. The Morgan fingerprint density at radius 1 is 1.18 bits per heavy atom. The van der Waals surface area contributed by atoms with Crippen molar-refractivity contribution in [2.24, 2.45) is 0 Å². The van der Waals surface area contributed by atoms with E-state index in [1.165, 1.54) is 11.8 Å². The molecule has 1 aliphatic heterocycles. The lowest BCUT2D eigenvalue weighted by atomic mass is 10.1. The number of amides is 1. The van der Waals surface area contributed by atoms with Gasteiger partial charge >= 0.3 is 0 Å². The van der Waals surface area contributed by atoms with Crippen molar-refractivity contribution in [1.82, 2.24) is 15.5 Å². The van der Waals surface area contributed by atoms with Crippen LogP contribution in [0.1, 0.15) is 18.1 Å². The van der Waals surface area contributed by atoms with Gasteiger partial charge in [0.1, 0.15) is 0 Å². The summed E-state index contributed by atoms with van der Waals surface area (Å²) in [5, 5.41) is 11.0. The Kier molecular flexibility index (Phi) is 5.21. The number of aryl methyl sites for hydroxylation is 1. The molecule has 28 heavy (non-hydrogen) atoms. The molecule has 7 nitrogen and oxygen atoms in total. The lowest BCUT2D eigenvalue weighted by Crippen LogP contribution is -2.30. The van der Waals surface area contributed by atoms with Crippen LogP contribution in [-0.2, 0) is 11.3 Å². The van der Waals surface area contributed by atoms with E-state index in [1.54, 1.807) is 6.92 Å². The minimum atomic E-state index is -0.376. The number of fused-ring (bicyclic) bond motifs is 1. The van der Waals surface area contributed by atoms with Crippen LogP contribution >= 0.6 is 11.8 Å². The summed E-state index contributed by atoms with van der Waals surface area (Å²) in [5.41, 5.74) is 2.88. The molecule has 8 heteroatoms. The minimum absolute atomic E-state index is 0.113. The predicted molar refractivity (Wildman–Crippen MR) is 104 cm³/mol. The van der Waals surface area contributed by atoms with E-state index >= 15 is 0 Å². The highest BCUT2D eigenvalue weighted by Gasteiger charge is 2.19. The molecule has 144 valence electrons. The van der Waals surface area contributed by atoms with Crippen molar-refractivity contribution < 1.29 is 18.7 Å². The smallest absolute Gasteiger partial charge is 0.277 e. The fourth-order valence-electron chi connectivity index (χ4n) is 2.77. The number of benzene rings is 2. The molecule has 3 aromatic rings. The molecule has 0 radical (unpaired) electrons. The molecule has 1 amide bonds. The molecule has 0 aliphatic carbocycles. The minimum Gasteiger partial charge on any atom is -0.454 e. The average molecular weight is 397 g/mol. The predicted octanol–water partition coefficient (Wildman–Crippen LogP) is 3.57. The van der Waals surface area contributed by atoms with E-state index in [2.05, 4.69) is 15.5 Å². The Labute approximate surface area is 166 Å². The molecule has 1 atom stereocenters. The van der Waals surface area contributed by atoms with Crippen molar-refractivity contribution in [1.29, 1.82) is 0 Å². The van der Waals surface area contributed by atoms with Gasteiger partial charge in [-0.25, -0.2) is 0 Å². The lowest BCUT2D eigenvalue weighted by Gasteiger charge is -2.10. The third-order valence-corrected chi connectivity index (χ3v) is 5.27. The van der Waals surface area contributed by atoms with E-state index in [9.17, 15) is 4.79 Å². The first-order valence-electron chi connectivity index (χ1n) is 8.82. The summed E-state index contributed by atoms with van der Waals surface area (Å²) in [5.74, 6) is 1.76. The third kappa shape index (κ3) is 3.96. The number of carbonyl (C=O) groups excluding carboxylic acids is 1. The highest BCUT2D eigenvalue weighted by Crippen LogP contribution is 2.32. The van der Waals surface area contributed by atoms with Gasteiger partial charge in [-0.3, -0.25) is 4.79 Å². The molecule has 0 fully saturated rings. The van der Waals surface area contributed by atoms with Crippen molar-refractivity contribution in [3.63, 3.8) is 0 Å². The van der Waals surface area contributed by atoms with Crippen LogP contribution in [0.2, 0.25) is 0 Å². The molecule has 2 heterocycles. The Bertz CT molecular complexity index is 1000. The van der Waals surface area contributed by atoms with Gasteiger partial charge in [0.2, 0.25) is 18.6 Å². The SMILES string of the molecule is Cc1ccccc1-c1nnc(S[C@H](C)C(=O)NCc2ccc3c(c2)OCO3)o1. The Morgan fingerprint density at radius 3 is 2.86 bits per heavy atom. The second-order valence-corrected chi connectivity index (χ2v) is 7.65. The molecule has 1 aliphatic rings. The molecule has 0 saturated heterocycles. The summed E-state index contributed by atoms with van der Waals surface area (Å²) in [6.45, 7) is 4.42. The van der Waals surface area contributed by atoms with E-state index in [0.29, 0.717) is 23.4 Å². The molecular weight excluding hydrogens is 378 g/mol. The highest BCUT2D eigenvalue weighted by atomic mass is 32.2. The van der Waals surface area contributed by atoms with Crippen molar-refractivity contribution in [2.75, 3.05) is 6.79 Å². The summed E-state index contributed by atoms with van der Waals surface area (Å²) in [6.07, 6.45) is 0. The number of thioether (sulfide) groups is 1. The summed E-state index contributed by atoms with van der Waals surface area (Å²) in [6, 6.07) is 13.4. The van der Waals surface area contributed by atoms with Crippen LogP contribution in [0.5, 0.6) is 11.5 Å². The first-order valence-corrected chi connectivity index (χ1v) is 9.70. The second kappa shape index (κ2) is 7.93. The van der Waals surface area contributed by atoms with Crippen molar-refractivity contribution in [3.05, 3.63) is 53.6 Å². The molecule has 0 spiro atoms. The van der Waals surface area contributed by atoms with E-state index in [0.717, 1.165) is 22.4 Å². The van der Waals surface area contributed by atoms with Gasteiger partial charge < -0.3 is 19.2 Å². The lowest BCUT2D eigenvalue weighted by molar-refractivity contribution is -0.120. The van der Waals surface area contributed by atoms with Gasteiger partial charge in [0.05, 0.1) is 5.25 Å². The maximum atomic E-state index is 12.4.